The van der Waals surface area contributed by atoms with Crippen LogP contribution in [0.2, 0.25) is 0 Å². The minimum atomic E-state index is -0.0275. The summed E-state index contributed by atoms with van der Waals surface area (Å²) in [6, 6.07) is 19.0. The van der Waals surface area contributed by atoms with Crippen LogP contribution in [0.4, 0.5) is 11.4 Å². The Hall–Kier alpha value is -4.78. The van der Waals surface area contributed by atoms with Gasteiger partial charge in [0.05, 0.1) is 41.4 Å². The Kier molecular flexibility index (Phi) is 5.78. The molecule has 2 aliphatic heterocycles. The van der Waals surface area contributed by atoms with Gasteiger partial charge in [-0.15, -0.1) is 0 Å². The molecule has 0 spiro atoms. The molecule has 41 heavy (non-hydrogen) atoms. The number of anilines is 2. The Labute approximate surface area is 239 Å². The highest BCUT2D eigenvalue weighted by Gasteiger charge is 2.42. The number of carbonyl (C=O) groups is 2. The Morgan fingerprint density at radius 1 is 0.976 bits per heavy atom. The summed E-state index contributed by atoms with van der Waals surface area (Å²) < 4.78 is 1.87. The van der Waals surface area contributed by atoms with E-state index in [1.54, 1.807) is 4.90 Å². The number of aryl methyl sites for hydroxylation is 2. The Balaban J connectivity index is 1.39. The highest BCUT2D eigenvalue weighted by molar-refractivity contribution is 6.07. The molecule has 1 atom stereocenters. The summed E-state index contributed by atoms with van der Waals surface area (Å²) in [5.41, 5.74) is 12.7. The lowest BCUT2D eigenvalue weighted by molar-refractivity contribution is -0.117. The van der Waals surface area contributed by atoms with Crippen molar-refractivity contribution >= 4 is 34.5 Å². The molecule has 0 bridgehead atoms. The fraction of sp³-hybridized carbons (Fsp3) is 0.235. The van der Waals surface area contributed by atoms with Crippen molar-refractivity contribution in [2.24, 2.45) is 7.05 Å². The highest BCUT2D eigenvalue weighted by atomic mass is 16.2. The lowest BCUT2D eigenvalue weighted by atomic mass is 9.85. The molecular formula is C34H31N5O2. The van der Waals surface area contributed by atoms with Crippen LogP contribution >= 0.6 is 0 Å². The molecule has 2 aliphatic rings. The lowest BCUT2D eigenvalue weighted by Gasteiger charge is -2.38. The number of benzene rings is 3. The van der Waals surface area contributed by atoms with Gasteiger partial charge in [-0.2, -0.15) is 5.10 Å². The summed E-state index contributed by atoms with van der Waals surface area (Å²) in [4.78, 5) is 34.0. The van der Waals surface area contributed by atoms with Crippen molar-refractivity contribution in [2.75, 3.05) is 23.4 Å². The number of aldehydes is 1. The molecular weight excluding hydrogens is 510 g/mol. The van der Waals surface area contributed by atoms with Crippen LogP contribution in [-0.2, 0) is 29.5 Å². The van der Waals surface area contributed by atoms with Crippen molar-refractivity contribution in [3.05, 3.63) is 94.8 Å². The maximum atomic E-state index is 13.3. The second-order valence-electron chi connectivity index (χ2n) is 11.2. The predicted octanol–water partition coefficient (Wildman–Crippen LogP) is 5.74. The number of likely N-dealkylation sites (N-methyl/N-ethyl adjacent to an activating group) is 1. The third-order valence-corrected chi connectivity index (χ3v) is 8.84. The third kappa shape index (κ3) is 3.87. The summed E-state index contributed by atoms with van der Waals surface area (Å²) in [5, 5.41) is 5.45. The van der Waals surface area contributed by atoms with Crippen molar-refractivity contribution < 1.29 is 9.59 Å². The number of hydrogen-bond donors (Lipinski definition) is 0. The van der Waals surface area contributed by atoms with Crippen LogP contribution in [0.5, 0.6) is 0 Å². The maximum absolute atomic E-state index is 13.3. The second kappa shape index (κ2) is 9.41. The third-order valence-electron chi connectivity index (χ3n) is 8.84. The molecule has 0 saturated heterocycles. The second-order valence-corrected chi connectivity index (χ2v) is 11.2. The molecule has 0 aliphatic carbocycles. The van der Waals surface area contributed by atoms with Crippen LogP contribution in [0, 0.1) is 13.8 Å². The first-order chi connectivity index (χ1) is 19.9. The number of amides is 1. The number of aromatic nitrogens is 3. The van der Waals surface area contributed by atoms with Crippen molar-refractivity contribution in [3.63, 3.8) is 0 Å². The van der Waals surface area contributed by atoms with Gasteiger partial charge in [0.1, 0.15) is 6.29 Å². The number of hydrogen-bond acceptors (Lipinski definition) is 5. The van der Waals surface area contributed by atoms with E-state index in [9.17, 15) is 9.59 Å². The molecule has 4 heterocycles. The SMILES string of the molecule is Cc1ccc(-c2c(CC=O)c(C)c3c4c2CC(c2ccnc(-c5ccc6c(cnn6C)c5)c2)N4CC(=O)N3C)cc1. The van der Waals surface area contributed by atoms with Crippen LogP contribution in [0.1, 0.15) is 33.9 Å². The summed E-state index contributed by atoms with van der Waals surface area (Å²) in [6.07, 6.45) is 5.76. The molecule has 7 rings (SSSR count). The van der Waals surface area contributed by atoms with Gasteiger partial charge >= 0.3 is 0 Å². The van der Waals surface area contributed by atoms with Gasteiger partial charge in [0.15, 0.2) is 0 Å². The number of nitrogens with zero attached hydrogens (tertiary/aromatic N) is 5. The topological polar surface area (TPSA) is 71.3 Å². The van der Waals surface area contributed by atoms with E-state index in [0.29, 0.717) is 13.0 Å². The van der Waals surface area contributed by atoms with E-state index in [0.717, 1.165) is 74.1 Å². The first-order valence-corrected chi connectivity index (χ1v) is 14.0. The Morgan fingerprint density at radius 2 is 1.76 bits per heavy atom. The summed E-state index contributed by atoms with van der Waals surface area (Å²) in [6.45, 7) is 4.44. The van der Waals surface area contributed by atoms with E-state index in [2.05, 4.69) is 71.5 Å². The van der Waals surface area contributed by atoms with Crippen LogP contribution in [0.25, 0.3) is 33.3 Å². The van der Waals surface area contributed by atoms with Gasteiger partial charge in [-0.25, -0.2) is 0 Å². The molecule has 3 aromatic carbocycles. The molecule has 0 saturated carbocycles. The van der Waals surface area contributed by atoms with E-state index in [1.165, 1.54) is 11.1 Å². The Bertz CT molecular complexity index is 1870. The van der Waals surface area contributed by atoms with Crippen molar-refractivity contribution in [3.8, 4) is 22.4 Å². The molecule has 7 heteroatoms. The van der Waals surface area contributed by atoms with E-state index >= 15 is 0 Å². The standard InChI is InChI=1S/C34H31N5O2/c1-20-5-7-22(8-6-20)32-26(12-14-40)21(2)33-34-27(32)17-30(39(34)19-31(41)37(33)3)24-11-13-35-28(16-24)23-9-10-29-25(15-23)18-36-38(29)4/h5-11,13-16,18,30H,12,17,19H2,1-4H3. The van der Waals surface area contributed by atoms with Crippen LogP contribution < -0.4 is 9.80 Å². The zero-order valence-electron chi connectivity index (χ0n) is 23.7. The fourth-order valence-corrected chi connectivity index (χ4v) is 6.74. The fourth-order valence-electron chi connectivity index (χ4n) is 6.74. The lowest BCUT2D eigenvalue weighted by Crippen LogP contribution is -2.44. The number of fused-ring (bicyclic) bond motifs is 1. The molecule has 1 unspecified atom stereocenters. The van der Waals surface area contributed by atoms with E-state index in [4.69, 9.17) is 4.98 Å². The largest absolute Gasteiger partial charge is 0.353 e. The Morgan fingerprint density at radius 3 is 2.54 bits per heavy atom. The van der Waals surface area contributed by atoms with Gasteiger partial charge in [0.2, 0.25) is 5.91 Å². The average Bonchev–Trinajstić information content (AvgIpc) is 3.54. The molecule has 2 aromatic heterocycles. The number of pyridine rings is 1. The minimum absolute atomic E-state index is 0.0275. The summed E-state index contributed by atoms with van der Waals surface area (Å²) in [7, 11) is 3.79. The quantitative estimate of drug-likeness (QED) is 0.265. The smallest absolute Gasteiger partial charge is 0.246 e. The van der Waals surface area contributed by atoms with Gasteiger partial charge in [0.25, 0.3) is 0 Å². The van der Waals surface area contributed by atoms with Crippen molar-refractivity contribution in [1.29, 1.82) is 0 Å². The van der Waals surface area contributed by atoms with Crippen molar-refractivity contribution in [1.82, 2.24) is 14.8 Å². The first kappa shape index (κ1) is 25.2. The maximum Gasteiger partial charge on any atom is 0.246 e. The zero-order chi connectivity index (χ0) is 28.4. The van der Waals surface area contributed by atoms with E-state index in [-0.39, 0.29) is 11.9 Å². The van der Waals surface area contributed by atoms with Gasteiger partial charge in [0, 0.05) is 37.7 Å². The van der Waals surface area contributed by atoms with Gasteiger partial charge < -0.3 is 14.6 Å². The normalized spacial score (nSPS) is 16.0. The zero-order valence-corrected chi connectivity index (χ0v) is 23.7. The van der Waals surface area contributed by atoms with Gasteiger partial charge in [-0.3, -0.25) is 14.5 Å². The monoisotopic (exact) mass is 541 g/mol. The van der Waals surface area contributed by atoms with Gasteiger partial charge in [-0.05, 0) is 77.9 Å². The summed E-state index contributed by atoms with van der Waals surface area (Å²) >= 11 is 0. The van der Waals surface area contributed by atoms with Crippen molar-refractivity contribution in [2.45, 2.75) is 32.7 Å². The first-order valence-electron chi connectivity index (χ1n) is 14.0. The minimum Gasteiger partial charge on any atom is -0.353 e. The molecule has 1 amide bonds. The summed E-state index contributed by atoms with van der Waals surface area (Å²) in [5.74, 6) is 0.0508. The molecule has 204 valence electrons. The number of carbonyl (C=O) groups excluding carboxylic acids is 2. The molecule has 0 fully saturated rings. The van der Waals surface area contributed by atoms with E-state index in [1.807, 2.05) is 38.1 Å². The molecule has 0 radical (unpaired) electrons. The molecule has 7 nitrogen and oxygen atoms in total. The van der Waals surface area contributed by atoms with Crippen LogP contribution in [0.15, 0.2) is 67.0 Å². The average molecular weight is 542 g/mol. The van der Waals surface area contributed by atoms with Crippen LogP contribution in [0.3, 0.4) is 0 Å². The highest BCUT2D eigenvalue weighted by Crippen LogP contribution is 2.54. The predicted molar refractivity (Wildman–Crippen MR) is 162 cm³/mol. The van der Waals surface area contributed by atoms with E-state index < -0.39 is 0 Å². The number of rotatable bonds is 5. The van der Waals surface area contributed by atoms with Crippen LogP contribution in [-0.4, -0.2) is 40.6 Å². The molecule has 5 aromatic rings. The van der Waals surface area contributed by atoms with Gasteiger partial charge in [-0.1, -0.05) is 35.9 Å². The molecule has 0 N–H and O–H groups in total.